The first-order valence-electron chi connectivity index (χ1n) is 12.4. The molecular weight excluding hydrogens is 484 g/mol. The van der Waals surface area contributed by atoms with Gasteiger partial charge >= 0.3 is 12.1 Å². The maximum absolute atomic E-state index is 12.6. The lowest BCUT2D eigenvalue weighted by Gasteiger charge is -2.41. The number of carbonyl (C=O) groups excluding carboxylic acids is 2. The molecule has 1 saturated carbocycles. The lowest BCUT2D eigenvalue weighted by molar-refractivity contribution is -0.149. The molecule has 2 fully saturated rings. The SMILES string of the molecule is CCC1(c2c(C#N)c(Cl)c3cnc(N[C@@H]4CCN(C(=O)OC(C)(C)C)C[C@H]4OC(C)=O)nn23)CCC1. The number of nitrogens with one attached hydrogen (secondary N) is 1. The van der Waals surface area contributed by atoms with Crippen LogP contribution in [0.1, 0.15) is 78.0 Å². The topological polar surface area (TPSA) is 122 Å². The van der Waals surface area contributed by atoms with Crippen molar-refractivity contribution >= 4 is 35.1 Å². The first-order valence-corrected chi connectivity index (χ1v) is 12.8. The summed E-state index contributed by atoms with van der Waals surface area (Å²) >= 11 is 6.57. The molecule has 1 aliphatic heterocycles. The fourth-order valence-corrected chi connectivity index (χ4v) is 5.36. The van der Waals surface area contributed by atoms with Crippen molar-refractivity contribution < 1.29 is 19.1 Å². The van der Waals surface area contributed by atoms with Crippen LogP contribution in [0.3, 0.4) is 0 Å². The molecule has 36 heavy (non-hydrogen) atoms. The number of hydrogen-bond acceptors (Lipinski definition) is 8. The number of aromatic nitrogens is 3. The van der Waals surface area contributed by atoms with Gasteiger partial charge in [-0.05, 0) is 46.5 Å². The van der Waals surface area contributed by atoms with E-state index in [-0.39, 0.29) is 18.0 Å². The molecule has 10 nitrogen and oxygen atoms in total. The smallest absolute Gasteiger partial charge is 0.410 e. The van der Waals surface area contributed by atoms with Crippen molar-refractivity contribution in [2.75, 3.05) is 18.4 Å². The Labute approximate surface area is 215 Å². The predicted molar refractivity (Wildman–Crippen MR) is 134 cm³/mol. The maximum Gasteiger partial charge on any atom is 0.410 e. The summed E-state index contributed by atoms with van der Waals surface area (Å²) < 4.78 is 12.8. The monoisotopic (exact) mass is 516 g/mol. The quantitative estimate of drug-likeness (QED) is 0.579. The number of fused-ring (bicyclic) bond motifs is 1. The summed E-state index contributed by atoms with van der Waals surface area (Å²) in [6.07, 6.45) is 4.99. The molecular formula is C25H33ClN6O4. The van der Waals surface area contributed by atoms with Crippen LogP contribution in [0.4, 0.5) is 10.7 Å². The molecule has 11 heteroatoms. The van der Waals surface area contributed by atoms with Crippen LogP contribution in [-0.4, -0.2) is 62.4 Å². The van der Waals surface area contributed by atoms with Crippen molar-refractivity contribution in [2.45, 2.75) is 89.9 Å². The van der Waals surface area contributed by atoms with Crippen molar-refractivity contribution in [2.24, 2.45) is 0 Å². The molecule has 0 aromatic carbocycles. The van der Waals surface area contributed by atoms with Crippen LogP contribution in [0.15, 0.2) is 6.20 Å². The van der Waals surface area contributed by atoms with Gasteiger partial charge in [0.1, 0.15) is 23.3 Å². The minimum atomic E-state index is -0.624. The molecule has 1 N–H and O–H groups in total. The Hall–Kier alpha value is -3.06. The number of amides is 1. The molecule has 0 spiro atoms. The number of nitrogens with zero attached hydrogens (tertiary/aromatic N) is 5. The van der Waals surface area contributed by atoms with E-state index < -0.39 is 23.8 Å². The van der Waals surface area contributed by atoms with E-state index in [9.17, 15) is 14.9 Å². The summed E-state index contributed by atoms with van der Waals surface area (Å²) in [6, 6.07) is 1.95. The van der Waals surface area contributed by atoms with Gasteiger partial charge in [-0.2, -0.15) is 5.26 Å². The summed E-state index contributed by atoms with van der Waals surface area (Å²) in [6.45, 7) is 9.49. The van der Waals surface area contributed by atoms with Gasteiger partial charge in [-0.25, -0.2) is 14.3 Å². The molecule has 194 valence electrons. The average Bonchev–Trinajstić information content (AvgIpc) is 3.04. The number of nitriles is 1. The van der Waals surface area contributed by atoms with Crippen molar-refractivity contribution in [3.05, 3.63) is 22.5 Å². The number of likely N-dealkylation sites (tertiary alicyclic amines) is 1. The number of rotatable bonds is 5. The van der Waals surface area contributed by atoms with Gasteiger partial charge in [0, 0.05) is 18.9 Å². The third-order valence-corrected chi connectivity index (χ3v) is 7.45. The Bertz CT molecular complexity index is 1200. The molecule has 2 atom stereocenters. The Morgan fingerprint density at radius 3 is 2.64 bits per heavy atom. The minimum Gasteiger partial charge on any atom is -0.458 e. The molecule has 1 saturated heterocycles. The van der Waals surface area contributed by atoms with Gasteiger partial charge in [-0.15, -0.1) is 5.10 Å². The number of halogens is 1. The highest BCUT2D eigenvalue weighted by molar-refractivity contribution is 6.35. The van der Waals surface area contributed by atoms with Crippen LogP contribution < -0.4 is 5.32 Å². The Balaban J connectivity index is 1.61. The second-order valence-corrected chi connectivity index (χ2v) is 11.0. The fraction of sp³-hybridized carbons (Fsp3) is 0.640. The normalized spacial score (nSPS) is 21.4. The van der Waals surface area contributed by atoms with Gasteiger partial charge in [0.05, 0.1) is 35.1 Å². The molecule has 3 heterocycles. The Morgan fingerprint density at radius 1 is 1.36 bits per heavy atom. The van der Waals surface area contributed by atoms with Crippen LogP contribution in [-0.2, 0) is 19.7 Å². The van der Waals surface area contributed by atoms with Crippen LogP contribution in [0.25, 0.3) is 5.52 Å². The van der Waals surface area contributed by atoms with E-state index in [0.717, 1.165) is 31.4 Å². The zero-order valence-electron chi connectivity index (χ0n) is 21.4. The largest absolute Gasteiger partial charge is 0.458 e. The number of esters is 1. The number of carbonyl (C=O) groups is 2. The first-order chi connectivity index (χ1) is 17.0. The summed E-state index contributed by atoms with van der Waals surface area (Å²) in [7, 11) is 0. The second-order valence-electron chi connectivity index (χ2n) is 10.6. The van der Waals surface area contributed by atoms with Crippen molar-refractivity contribution in [3.8, 4) is 6.07 Å². The zero-order chi connectivity index (χ0) is 26.3. The van der Waals surface area contributed by atoms with Gasteiger partial charge in [0.25, 0.3) is 0 Å². The molecule has 2 aromatic heterocycles. The summed E-state index contributed by atoms with van der Waals surface area (Å²) in [4.78, 5) is 30.4. The summed E-state index contributed by atoms with van der Waals surface area (Å²) in [5, 5.41) is 18.2. The van der Waals surface area contributed by atoms with E-state index in [1.54, 1.807) is 15.6 Å². The van der Waals surface area contributed by atoms with Crippen molar-refractivity contribution in [1.82, 2.24) is 19.5 Å². The Morgan fingerprint density at radius 2 is 2.08 bits per heavy atom. The van der Waals surface area contributed by atoms with E-state index in [1.165, 1.54) is 6.92 Å². The molecule has 2 aliphatic rings. The van der Waals surface area contributed by atoms with Crippen LogP contribution in [0.5, 0.6) is 0 Å². The highest BCUT2D eigenvalue weighted by atomic mass is 35.5. The highest BCUT2D eigenvalue weighted by Crippen LogP contribution is 2.49. The van der Waals surface area contributed by atoms with E-state index >= 15 is 0 Å². The van der Waals surface area contributed by atoms with E-state index in [4.69, 9.17) is 26.2 Å². The average molecular weight is 517 g/mol. The van der Waals surface area contributed by atoms with Crippen molar-refractivity contribution in [1.29, 1.82) is 5.26 Å². The lowest BCUT2D eigenvalue weighted by Crippen LogP contribution is -2.54. The number of anilines is 1. The third kappa shape index (κ3) is 4.94. The standard InChI is InChI=1S/C25H33ClN6O4/c1-6-25(9-7-10-25)21-16(12-27)20(26)18-13-28-22(30-32(18)21)29-17-8-11-31(14-19(17)35-15(2)33)23(34)36-24(3,4)5/h13,17,19H,6-11,14H2,1-5H3,(H,29,30)/t17-,19-/m1/s1. The van der Waals surface area contributed by atoms with E-state index in [1.807, 2.05) is 20.8 Å². The van der Waals surface area contributed by atoms with E-state index in [0.29, 0.717) is 35.0 Å². The zero-order valence-corrected chi connectivity index (χ0v) is 22.2. The van der Waals surface area contributed by atoms with Gasteiger partial charge in [0.2, 0.25) is 5.95 Å². The fourth-order valence-electron chi connectivity index (χ4n) is 5.10. The highest BCUT2D eigenvalue weighted by Gasteiger charge is 2.43. The molecule has 1 aliphatic carbocycles. The number of ether oxygens (including phenoxy) is 2. The van der Waals surface area contributed by atoms with Gasteiger partial charge in [-0.1, -0.05) is 24.9 Å². The number of piperidine rings is 1. The van der Waals surface area contributed by atoms with Gasteiger partial charge in [-0.3, -0.25) is 4.79 Å². The Kier molecular flexibility index (Phi) is 7.06. The lowest BCUT2D eigenvalue weighted by atomic mass is 9.64. The first kappa shape index (κ1) is 26.0. The second kappa shape index (κ2) is 9.77. The van der Waals surface area contributed by atoms with Crippen molar-refractivity contribution in [3.63, 3.8) is 0 Å². The van der Waals surface area contributed by atoms with E-state index in [2.05, 4.69) is 23.3 Å². The summed E-state index contributed by atoms with van der Waals surface area (Å²) in [5.41, 5.74) is 1.12. The van der Waals surface area contributed by atoms with Crippen LogP contribution in [0, 0.1) is 11.3 Å². The molecule has 2 aromatic rings. The molecule has 0 bridgehead atoms. The van der Waals surface area contributed by atoms with Crippen LogP contribution >= 0.6 is 11.6 Å². The number of hydrogen-bond donors (Lipinski definition) is 1. The molecule has 4 rings (SSSR count). The van der Waals surface area contributed by atoms with Gasteiger partial charge in [0.15, 0.2) is 0 Å². The van der Waals surface area contributed by atoms with Crippen LogP contribution in [0.2, 0.25) is 5.02 Å². The maximum atomic E-state index is 12.6. The molecule has 0 unspecified atom stereocenters. The predicted octanol–water partition coefficient (Wildman–Crippen LogP) is 4.44. The van der Waals surface area contributed by atoms with Gasteiger partial charge < -0.3 is 19.7 Å². The molecule has 1 amide bonds. The molecule has 0 radical (unpaired) electrons. The minimum absolute atomic E-state index is 0.133. The summed E-state index contributed by atoms with van der Waals surface area (Å²) in [5.74, 6) is -0.111. The third-order valence-electron chi connectivity index (χ3n) is 7.07.